The first-order valence-corrected chi connectivity index (χ1v) is 9.64. The number of carbonyl (C=O) groups is 4. The maximum Gasteiger partial charge on any atom is 0.249 e. The van der Waals surface area contributed by atoms with Crippen molar-refractivity contribution < 1.29 is 19.2 Å². The van der Waals surface area contributed by atoms with Crippen LogP contribution in [-0.4, -0.2) is 65.6 Å². The Morgan fingerprint density at radius 1 is 1.04 bits per heavy atom. The number of nitrogens with two attached hydrogens (primary N) is 1. The minimum Gasteiger partial charge on any atom is -0.332 e. The molecule has 0 aliphatic carbocycles. The molecule has 0 aromatic rings. The molecule has 1 atom stereocenters. The summed E-state index contributed by atoms with van der Waals surface area (Å²) in [5.41, 5.74) is 5.46. The Hall–Kier alpha value is -1.96. The van der Waals surface area contributed by atoms with Gasteiger partial charge < -0.3 is 15.5 Å². The van der Waals surface area contributed by atoms with Gasteiger partial charge in [-0.05, 0) is 25.8 Å². The number of nitrogens with zero attached hydrogens (tertiary/aromatic N) is 2. The van der Waals surface area contributed by atoms with E-state index in [2.05, 4.69) is 5.32 Å². The van der Waals surface area contributed by atoms with Gasteiger partial charge in [0.15, 0.2) is 0 Å². The molecule has 1 unspecified atom stereocenters. The summed E-state index contributed by atoms with van der Waals surface area (Å²) in [5, 5.41) is 2.27. The fourth-order valence-corrected chi connectivity index (χ4v) is 3.49. The summed E-state index contributed by atoms with van der Waals surface area (Å²) in [5.74, 6) is -0.927. The van der Waals surface area contributed by atoms with Crippen LogP contribution in [0.5, 0.6) is 0 Å². The van der Waals surface area contributed by atoms with Crippen LogP contribution in [0.4, 0.5) is 0 Å². The van der Waals surface area contributed by atoms with Crippen LogP contribution in [0.3, 0.4) is 0 Å². The second-order valence-electron chi connectivity index (χ2n) is 7.03. The van der Waals surface area contributed by atoms with Gasteiger partial charge in [-0.2, -0.15) is 0 Å². The Balaban J connectivity index is 1.69. The molecule has 0 aromatic heterocycles. The van der Waals surface area contributed by atoms with Crippen LogP contribution >= 0.6 is 0 Å². The molecule has 2 aliphatic heterocycles. The van der Waals surface area contributed by atoms with Crippen molar-refractivity contribution in [2.45, 2.75) is 63.8 Å². The smallest absolute Gasteiger partial charge is 0.249 e. The Morgan fingerprint density at radius 3 is 2.38 bits per heavy atom. The number of hydrogen-bond acceptors (Lipinski definition) is 5. The van der Waals surface area contributed by atoms with E-state index >= 15 is 0 Å². The predicted octanol–water partition coefficient (Wildman–Crippen LogP) is 0.152. The van der Waals surface area contributed by atoms with E-state index in [-0.39, 0.29) is 30.7 Å². The highest BCUT2D eigenvalue weighted by Gasteiger charge is 2.37. The zero-order valence-electron chi connectivity index (χ0n) is 15.4. The van der Waals surface area contributed by atoms with Crippen LogP contribution in [0.2, 0.25) is 0 Å². The van der Waals surface area contributed by atoms with Crippen molar-refractivity contribution in [1.29, 1.82) is 0 Å². The highest BCUT2D eigenvalue weighted by molar-refractivity contribution is 6.02. The molecule has 0 saturated carbocycles. The number of amides is 4. The summed E-state index contributed by atoms with van der Waals surface area (Å²) >= 11 is 0. The molecule has 2 heterocycles. The van der Waals surface area contributed by atoms with E-state index in [4.69, 9.17) is 5.73 Å². The van der Waals surface area contributed by atoms with Crippen molar-refractivity contribution in [3.05, 3.63) is 0 Å². The fourth-order valence-electron chi connectivity index (χ4n) is 3.49. The van der Waals surface area contributed by atoms with Gasteiger partial charge in [-0.3, -0.25) is 24.5 Å². The third-order valence-corrected chi connectivity index (χ3v) is 5.04. The quantitative estimate of drug-likeness (QED) is 0.446. The molecule has 4 amide bonds. The van der Waals surface area contributed by atoms with Crippen molar-refractivity contribution in [2.75, 3.05) is 26.2 Å². The average Bonchev–Trinajstić information content (AvgIpc) is 2.61. The first-order valence-electron chi connectivity index (χ1n) is 9.64. The van der Waals surface area contributed by atoms with Crippen LogP contribution in [0, 0.1) is 0 Å². The number of hydrogen-bond donors (Lipinski definition) is 2. The average molecular weight is 366 g/mol. The molecular weight excluding hydrogens is 336 g/mol. The molecular formula is C18H30N4O4. The molecule has 0 aromatic carbocycles. The first-order chi connectivity index (χ1) is 12.5. The second kappa shape index (κ2) is 10.3. The minimum atomic E-state index is -0.592. The number of unbranched alkanes of at least 4 members (excludes halogenated alkanes) is 5. The van der Waals surface area contributed by atoms with E-state index in [0.29, 0.717) is 25.9 Å². The molecule has 0 bridgehead atoms. The van der Waals surface area contributed by atoms with E-state index in [1.54, 1.807) is 4.90 Å². The molecule has 2 aliphatic rings. The van der Waals surface area contributed by atoms with Gasteiger partial charge in [-0.1, -0.05) is 25.7 Å². The molecule has 2 fully saturated rings. The largest absolute Gasteiger partial charge is 0.332 e. The van der Waals surface area contributed by atoms with E-state index < -0.39 is 11.9 Å². The van der Waals surface area contributed by atoms with Gasteiger partial charge >= 0.3 is 0 Å². The van der Waals surface area contributed by atoms with Crippen LogP contribution < -0.4 is 11.1 Å². The van der Waals surface area contributed by atoms with E-state index in [1.165, 1.54) is 4.90 Å². The van der Waals surface area contributed by atoms with Crippen molar-refractivity contribution >= 4 is 23.6 Å². The van der Waals surface area contributed by atoms with Crippen molar-refractivity contribution in [3.8, 4) is 0 Å². The summed E-state index contributed by atoms with van der Waals surface area (Å²) in [6.45, 7) is 1.54. The van der Waals surface area contributed by atoms with Crippen LogP contribution in [0.15, 0.2) is 0 Å². The molecule has 8 heteroatoms. The summed E-state index contributed by atoms with van der Waals surface area (Å²) in [4.78, 5) is 50.9. The fraction of sp³-hybridized carbons (Fsp3) is 0.778. The van der Waals surface area contributed by atoms with E-state index in [9.17, 15) is 19.2 Å². The summed E-state index contributed by atoms with van der Waals surface area (Å²) in [6, 6.07) is -0.592. The maximum atomic E-state index is 12.4. The van der Waals surface area contributed by atoms with Crippen molar-refractivity contribution in [3.63, 3.8) is 0 Å². The molecule has 3 N–H and O–H groups in total. The zero-order chi connectivity index (χ0) is 18.9. The summed E-state index contributed by atoms with van der Waals surface area (Å²) in [6.07, 6.45) is 7.36. The Labute approximate surface area is 154 Å². The standard InChI is InChI=1S/C18H30N4O4/c19-10-6-4-2-1-3-5-7-16(24)21-11-12-22(17(25)13-21)14-8-9-15(23)20-18(14)26/h14H,1-13,19H2,(H,20,23,26). The zero-order valence-corrected chi connectivity index (χ0v) is 15.4. The van der Waals surface area contributed by atoms with Gasteiger partial charge in [0, 0.05) is 25.9 Å². The van der Waals surface area contributed by atoms with Gasteiger partial charge in [0.05, 0.1) is 6.54 Å². The van der Waals surface area contributed by atoms with Gasteiger partial charge in [-0.25, -0.2) is 0 Å². The van der Waals surface area contributed by atoms with E-state index in [1.807, 2.05) is 0 Å². The number of imide groups is 1. The third-order valence-electron chi connectivity index (χ3n) is 5.04. The predicted molar refractivity (Wildman–Crippen MR) is 95.8 cm³/mol. The lowest BCUT2D eigenvalue weighted by molar-refractivity contribution is -0.152. The van der Waals surface area contributed by atoms with Crippen LogP contribution in [-0.2, 0) is 19.2 Å². The molecule has 0 radical (unpaired) electrons. The molecule has 0 spiro atoms. The monoisotopic (exact) mass is 366 g/mol. The topological polar surface area (TPSA) is 113 Å². The maximum absolute atomic E-state index is 12.4. The van der Waals surface area contributed by atoms with Crippen molar-refractivity contribution in [1.82, 2.24) is 15.1 Å². The lowest BCUT2D eigenvalue weighted by atomic mass is 10.0. The Bertz CT molecular complexity index is 537. The van der Waals surface area contributed by atoms with Gasteiger partial charge in [0.1, 0.15) is 6.04 Å². The highest BCUT2D eigenvalue weighted by atomic mass is 16.2. The van der Waals surface area contributed by atoms with Crippen LogP contribution in [0.1, 0.15) is 57.8 Å². The molecule has 2 saturated heterocycles. The van der Waals surface area contributed by atoms with Crippen LogP contribution in [0.25, 0.3) is 0 Å². The SMILES string of the molecule is NCCCCCCCCC(=O)N1CCN(C2CCC(=O)NC2=O)C(=O)C1. The minimum absolute atomic E-state index is 0.00299. The lowest BCUT2D eigenvalue weighted by Crippen LogP contribution is -2.60. The van der Waals surface area contributed by atoms with E-state index in [0.717, 1.165) is 45.1 Å². The first kappa shape index (κ1) is 20.4. The normalized spacial score (nSPS) is 21.1. The molecule has 26 heavy (non-hydrogen) atoms. The number of piperazine rings is 1. The third kappa shape index (κ3) is 5.79. The van der Waals surface area contributed by atoms with Gasteiger partial charge in [0.25, 0.3) is 0 Å². The van der Waals surface area contributed by atoms with Gasteiger partial charge in [0.2, 0.25) is 23.6 Å². The lowest BCUT2D eigenvalue weighted by Gasteiger charge is -2.39. The number of nitrogens with one attached hydrogen (secondary N) is 1. The Kier molecular flexibility index (Phi) is 8.03. The summed E-state index contributed by atoms with van der Waals surface area (Å²) < 4.78 is 0. The molecule has 8 nitrogen and oxygen atoms in total. The number of piperidine rings is 1. The number of rotatable bonds is 9. The van der Waals surface area contributed by atoms with Gasteiger partial charge in [-0.15, -0.1) is 0 Å². The number of carbonyl (C=O) groups excluding carboxylic acids is 4. The molecule has 146 valence electrons. The molecule has 2 rings (SSSR count). The Morgan fingerprint density at radius 2 is 1.73 bits per heavy atom. The second-order valence-corrected chi connectivity index (χ2v) is 7.03. The summed E-state index contributed by atoms with van der Waals surface area (Å²) in [7, 11) is 0. The van der Waals surface area contributed by atoms with Crippen molar-refractivity contribution in [2.24, 2.45) is 5.73 Å². The highest BCUT2D eigenvalue weighted by Crippen LogP contribution is 2.17.